The van der Waals surface area contributed by atoms with Crippen LogP contribution in [0.2, 0.25) is 0 Å². The highest BCUT2D eigenvalue weighted by Gasteiger charge is 2.39. The number of nitrogens with zero attached hydrogens (tertiary/aromatic N) is 3. The minimum atomic E-state index is -4.89. The van der Waals surface area contributed by atoms with Gasteiger partial charge < -0.3 is 15.0 Å². The van der Waals surface area contributed by atoms with Crippen LogP contribution in [-0.2, 0) is 11.3 Å². The summed E-state index contributed by atoms with van der Waals surface area (Å²) in [6.07, 6.45) is 4.59. The summed E-state index contributed by atoms with van der Waals surface area (Å²) in [6.45, 7) is 2.96. The molecular formula is C22H28F3N5O2. The number of methoxy groups -OCH3 is 1. The molecule has 0 unspecified atom stereocenters. The van der Waals surface area contributed by atoms with Crippen molar-refractivity contribution in [1.29, 1.82) is 5.41 Å². The van der Waals surface area contributed by atoms with Gasteiger partial charge in [0.15, 0.2) is 0 Å². The number of anilines is 1. The number of allylic oxidation sites excluding steroid dienone is 5. The van der Waals surface area contributed by atoms with E-state index < -0.39 is 23.0 Å². The van der Waals surface area contributed by atoms with Gasteiger partial charge in [0.25, 0.3) is 5.56 Å². The van der Waals surface area contributed by atoms with Gasteiger partial charge in [-0.3, -0.25) is 10.2 Å². The van der Waals surface area contributed by atoms with Crippen LogP contribution in [0.4, 0.5) is 18.9 Å². The molecule has 0 aromatic carbocycles. The van der Waals surface area contributed by atoms with Crippen LogP contribution < -0.4 is 10.9 Å². The van der Waals surface area contributed by atoms with E-state index in [4.69, 9.17) is 10.1 Å². The molecule has 10 heteroatoms. The summed E-state index contributed by atoms with van der Waals surface area (Å²) < 4.78 is 46.8. The van der Waals surface area contributed by atoms with Gasteiger partial charge in [0.1, 0.15) is 17.2 Å². The number of piperidine rings is 1. The molecule has 0 saturated carbocycles. The third-order valence-corrected chi connectivity index (χ3v) is 5.65. The molecule has 0 radical (unpaired) electrons. The first-order valence-corrected chi connectivity index (χ1v) is 10.4. The van der Waals surface area contributed by atoms with Crippen LogP contribution in [0, 0.1) is 12.3 Å². The first-order valence-electron chi connectivity index (χ1n) is 10.4. The smallest absolute Gasteiger partial charge is 0.433 e. The lowest BCUT2D eigenvalue weighted by Gasteiger charge is -2.31. The van der Waals surface area contributed by atoms with Gasteiger partial charge in [0, 0.05) is 11.6 Å². The summed E-state index contributed by atoms with van der Waals surface area (Å²) in [5.74, 6) is 0.557. The molecule has 174 valence electrons. The molecule has 0 atom stereocenters. The maximum atomic E-state index is 13.4. The van der Waals surface area contributed by atoms with Crippen molar-refractivity contribution < 1.29 is 17.9 Å². The molecule has 7 nitrogen and oxygen atoms in total. The number of ether oxygens (including phenoxy) is 1. The van der Waals surface area contributed by atoms with Crippen LogP contribution in [0.5, 0.6) is 0 Å². The predicted molar refractivity (Wildman–Crippen MR) is 117 cm³/mol. The Hall–Kier alpha value is -2.88. The van der Waals surface area contributed by atoms with E-state index in [0.29, 0.717) is 30.6 Å². The highest BCUT2D eigenvalue weighted by Crippen LogP contribution is 2.28. The number of hydrogen-bond acceptors (Lipinski definition) is 6. The first kappa shape index (κ1) is 23.8. The topological polar surface area (TPSA) is 83.2 Å². The normalized spacial score (nSPS) is 18.1. The Morgan fingerprint density at radius 1 is 1.28 bits per heavy atom. The second kappa shape index (κ2) is 9.72. The maximum Gasteiger partial charge on any atom is 0.433 e. The van der Waals surface area contributed by atoms with E-state index in [1.165, 1.54) is 14.0 Å². The molecule has 1 fully saturated rings. The number of nitrogens with one attached hydrogen (secondary N) is 2. The van der Waals surface area contributed by atoms with Gasteiger partial charge in [0.05, 0.1) is 24.9 Å². The molecule has 1 aromatic rings. The van der Waals surface area contributed by atoms with Crippen LogP contribution >= 0.6 is 0 Å². The zero-order chi connectivity index (χ0) is 23.5. The lowest BCUT2D eigenvalue weighted by Crippen LogP contribution is -2.40. The summed E-state index contributed by atoms with van der Waals surface area (Å²) in [5, 5.41) is 14.9. The number of likely N-dealkylation sites (tertiary alicyclic amines) is 1. The molecule has 1 aromatic heterocycles. The summed E-state index contributed by atoms with van der Waals surface area (Å²) >= 11 is 0. The van der Waals surface area contributed by atoms with E-state index in [2.05, 4.69) is 15.3 Å². The molecular weight excluding hydrogens is 423 g/mol. The second-order valence-corrected chi connectivity index (χ2v) is 8.03. The summed E-state index contributed by atoms with van der Waals surface area (Å²) in [6, 6.07) is -0.164. The molecule has 0 amide bonds. The van der Waals surface area contributed by atoms with Gasteiger partial charge in [0.2, 0.25) is 0 Å². The average Bonchev–Trinajstić information content (AvgIpc) is 2.97. The van der Waals surface area contributed by atoms with Crippen LogP contribution in [0.1, 0.15) is 30.5 Å². The monoisotopic (exact) mass is 451 g/mol. The minimum absolute atomic E-state index is 0.0323. The summed E-state index contributed by atoms with van der Waals surface area (Å²) in [7, 11) is 3.49. The fraction of sp³-hybridized carbons (Fsp3) is 0.500. The van der Waals surface area contributed by atoms with E-state index in [0.717, 1.165) is 17.8 Å². The minimum Gasteiger partial charge on any atom is -0.496 e. The number of hydrogen-bond donors (Lipinski definition) is 2. The molecule has 1 saturated heterocycles. The Labute approximate surface area is 184 Å². The van der Waals surface area contributed by atoms with Crippen molar-refractivity contribution in [3.05, 3.63) is 57.2 Å². The number of aromatic nitrogens is 2. The van der Waals surface area contributed by atoms with Crippen LogP contribution in [-0.4, -0.2) is 59.9 Å². The van der Waals surface area contributed by atoms with Crippen molar-refractivity contribution in [2.75, 3.05) is 32.6 Å². The van der Waals surface area contributed by atoms with Crippen LogP contribution in [0.15, 0.2) is 40.4 Å². The van der Waals surface area contributed by atoms with Crippen LogP contribution in [0.25, 0.3) is 0 Å². The van der Waals surface area contributed by atoms with E-state index in [1.807, 2.05) is 25.3 Å². The number of aryl methyl sites for hydroxylation is 1. The van der Waals surface area contributed by atoms with Gasteiger partial charge in [-0.1, -0.05) is 18.2 Å². The number of halogens is 3. The van der Waals surface area contributed by atoms with E-state index in [-0.39, 0.29) is 24.0 Å². The number of rotatable bonds is 6. The molecule has 0 spiro atoms. The molecule has 3 rings (SSSR count). The lowest BCUT2D eigenvalue weighted by atomic mass is 10.0. The number of alkyl halides is 3. The first-order chi connectivity index (χ1) is 15.1. The third-order valence-electron chi connectivity index (χ3n) is 5.65. The Balaban J connectivity index is 2.08. The van der Waals surface area contributed by atoms with Crippen LogP contribution in [0.3, 0.4) is 0 Å². The molecule has 2 N–H and O–H groups in total. The van der Waals surface area contributed by atoms with E-state index >= 15 is 0 Å². The zero-order valence-electron chi connectivity index (χ0n) is 18.4. The maximum absolute atomic E-state index is 13.4. The highest BCUT2D eigenvalue weighted by atomic mass is 19.4. The highest BCUT2D eigenvalue weighted by molar-refractivity contribution is 6.07. The van der Waals surface area contributed by atoms with Gasteiger partial charge in [-0.2, -0.15) is 18.3 Å². The molecule has 1 aliphatic carbocycles. The van der Waals surface area contributed by atoms with Crippen molar-refractivity contribution in [2.45, 2.75) is 44.9 Å². The Morgan fingerprint density at radius 2 is 1.94 bits per heavy atom. The summed E-state index contributed by atoms with van der Waals surface area (Å²) in [5.41, 5.74) is -2.33. The molecule has 0 bridgehead atoms. The zero-order valence-corrected chi connectivity index (χ0v) is 18.4. The van der Waals surface area contributed by atoms with Gasteiger partial charge in [-0.25, -0.2) is 4.68 Å². The largest absolute Gasteiger partial charge is 0.496 e. The Morgan fingerprint density at radius 3 is 2.56 bits per heavy atom. The van der Waals surface area contributed by atoms with Gasteiger partial charge in [-0.05, 0) is 52.4 Å². The average molecular weight is 451 g/mol. The quantitative estimate of drug-likeness (QED) is 0.648. The van der Waals surface area contributed by atoms with Gasteiger partial charge in [-0.15, -0.1) is 0 Å². The summed E-state index contributed by atoms with van der Waals surface area (Å²) in [4.78, 5) is 15.4. The fourth-order valence-corrected chi connectivity index (χ4v) is 3.88. The SMILES string of the molecule is COC1=C(Cn2nc(C)c(C(=N)C(F)(F)F)c(NC3CCN(C)CC3)c2=O)C=CCC=C1. The predicted octanol–water partition coefficient (Wildman–Crippen LogP) is 3.40. The van der Waals surface area contributed by atoms with Gasteiger partial charge >= 0.3 is 6.18 Å². The molecule has 1 aliphatic heterocycles. The van der Waals surface area contributed by atoms with Crippen molar-refractivity contribution in [3.8, 4) is 0 Å². The molecule has 32 heavy (non-hydrogen) atoms. The van der Waals surface area contributed by atoms with E-state index in [1.54, 1.807) is 6.08 Å². The van der Waals surface area contributed by atoms with Crippen molar-refractivity contribution in [3.63, 3.8) is 0 Å². The van der Waals surface area contributed by atoms with Crippen molar-refractivity contribution in [2.24, 2.45) is 0 Å². The van der Waals surface area contributed by atoms with E-state index in [9.17, 15) is 18.0 Å². The second-order valence-electron chi connectivity index (χ2n) is 8.03. The Bertz CT molecular complexity index is 1020. The lowest BCUT2D eigenvalue weighted by molar-refractivity contribution is -0.0588. The third kappa shape index (κ3) is 5.29. The molecule has 2 heterocycles. The molecule has 2 aliphatic rings. The fourth-order valence-electron chi connectivity index (χ4n) is 3.88. The van der Waals surface area contributed by atoms with Crippen molar-refractivity contribution in [1.82, 2.24) is 14.7 Å². The Kier molecular flexibility index (Phi) is 7.22. The standard InChI is InChI=1S/C22H28F3N5O2/c1-14-18(20(26)22(23,24)25)19(27-16-9-11-29(2)12-10-16)21(31)30(28-14)13-15-7-5-4-6-8-17(15)32-3/h5-8,16,26-27H,4,9-13H2,1-3H3. The van der Waals surface area contributed by atoms with Crippen molar-refractivity contribution >= 4 is 11.4 Å².